The maximum absolute atomic E-state index is 12.4. The van der Waals surface area contributed by atoms with Gasteiger partial charge in [-0.05, 0) is 58.2 Å². The molecule has 1 aromatic carbocycles. The number of nitrogens with zero attached hydrogens (tertiary/aromatic N) is 2. The minimum atomic E-state index is -0.565. The smallest absolute Gasteiger partial charge is 0.261 e. The van der Waals surface area contributed by atoms with Gasteiger partial charge in [0.15, 0.2) is 6.10 Å². The Kier molecular flexibility index (Phi) is 5.94. The lowest BCUT2D eigenvalue weighted by atomic mass is 10.1. The number of thioether (sulfide) groups is 1. The Morgan fingerprint density at radius 3 is 2.38 bits per heavy atom. The molecule has 130 valence electrons. The Bertz CT molecular complexity index is 710. The van der Waals surface area contributed by atoms with E-state index >= 15 is 0 Å². The first kappa shape index (κ1) is 18.4. The first-order chi connectivity index (χ1) is 11.3. The molecule has 0 saturated carbocycles. The Morgan fingerprint density at radius 2 is 1.88 bits per heavy atom. The number of aryl methyl sites for hydroxylation is 2. The lowest BCUT2D eigenvalue weighted by Gasteiger charge is -2.19. The van der Waals surface area contributed by atoms with Gasteiger partial charge in [0, 0.05) is 23.2 Å². The fourth-order valence-corrected chi connectivity index (χ4v) is 3.14. The van der Waals surface area contributed by atoms with Crippen LogP contribution in [0, 0.1) is 13.8 Å². The Balaban J connectivity index is 2.00. The molecule has 0 spiro atoms. The summed E-state index contributed by atoms with van der Waals surface area (Å²) in [6, 6.07) is 7.62. The van der Waals surface area contributed by atoms with Gasteiger partial charge >= 0.3 is 0 Å². The summed E-state index contributed by atoms with van der Waals surface area (Å²) in [5.74, 6) is 0.552. The summed E-state index contributed by atoms with van der Waals surface area (Å²) in [5, 5.41) is 7.41. The summed E-state index contributed by atoms with van der Waals surface area (Å²) in [6.45, 7) is 7.69. The lowest BCUT2D eigenvalue weighted by Crippen LogP contribution is -2.38. The van der Waals surface area contributed by atoms with E-state index in [1.54, 1.807) is 18.7 Å². The van der Waals surface area contributed by atoms with Crippen LogP contribution in [-0.2, 0) is 11.8 Å². The van der Waals surface area contributed by atoms with Crippen LogP contribution in [-0.4, -0.2) is 28.0 Å². The first-order valence-corrected chi connectivity index (χ1v) is 9.17. The van der Waals surface area contributed by atoms with E-state index in [2.05, 4.69) is 10.4 Å². The number of benzene rings is 1. The summed E-state index contributed by atoms with van der Waals surface area (Å²) < 4.78 is 7.57. The molecule has 0 aliphatic heterocycles. The number of ether oxygens (including phenoxy) is 1. The molecule has 2 rings (SSSR count). The zero-order chi connectivity index (χ0) is 17.9. The van der Waals surface area contributed by atoms with E-state index in [1.165, 1.54) is 0 Å². The lowest BCUT2D eigenvalue weighted by molar-refractivity contribution is -0.127. The summed E-state index contributed by atoms with van der Waals surface area (Å²) in [5.41, 5.74) is 3.05. The molecule has 0 fully saturated rings. The Morgan fingerprint density at radius 1 is 1.25 bits per heavy atom. The third kappa shape index (κ3) is 4.12. The second kappa shape index (κ2) is 7.75. The molecule has 1 aromatic heterocycles. The third-order valence-corrected chi connectivity index (χ3v) is 4.84. The van der Waals surface area contributed by atoms with E-state index < -0.39 is 6.10 Å². The van der Waals surface area contributed by atoms with Crippen LogP contribution in [0.2, 0.25) is 0 Å². The number of nitrogens with one attached hydrogen (secondary N) is 1. The van der Waals surface area contributed by atoms with Gasteiger partial charge in [-0.2, -0.15) is 5.10 Å². The number of rotatable bonds is 6. The maximum Gasteiger partial charge on any atom is 0.261 e. The predicted molar refractivity (Wildman–Crippen MR) is 97.6 cm³/mol. The highest BCUT2D eigenvalue weighted by molar-refractivity contribution is 7.98. The van der Waals surface area contributed by atoms with Crippen molar-refractivity contribution in [2.45, 2.75) is 44.7 Å². The molecule has 0 unspecified atom stereocenters. The molecule has 2 aromatic rings. The van der Waals surface area contributed by atoms with Crippen molar-refractivity contribution in [3.63, 3.8) is 0 Å². The molecular weight excluding hydrogens is 322 g/mol. The summed E-state index contributed by atoms with van der Waals surface area (Å²) >= 11 is 1.67. The normalized spacial score (nSPS) is 13.4. The average molecular weight is 347 g/mol. The van der Waals surface area contributed by atoms with Crippen LogP contribution in [0.3, 0.4) is 0 Å². The van der Waals surface area contributed by atoms with Gasteiger partial charge in [-0.15, -0.1) is 11.8 Å². The first-order valence-electron chi connectivity index (χ1n) is 7.94. The van der Waals surface area contributed by atoms with Crippen LogP contribution in [0.1, 0.15) is 36.8 Å². The molecule has 6 heteroatoms. The van der Waals surface area contributed by atoms with Crippen molar-refractivity contribution in [1.82, 2.24) is 15.1 Å². The Labute approximate surface area is 147 Å². The van der Waals surface area contributed by atoms with E-state index in [-0.39, 0.29) is 11.9 Å². The van der Waals surface area contributed by atoms with Gasteiger partial charge in [-0.3, -0.25) is 9.48 Å². The zero-order valence-electron chi connectivity index (χ0n) is 15.1. The monoisotopic (exact) mass is 347 g/mol. The number of hydrogen-bond donors (Lipinski definition) is 1. The maximum atomic E-state index is 12.4. The summed E-state index contributed by atoms with van der Waals surface area (Å²) in [6.07, 6.45) is 1.46. The SMILES string of the molecule is CSc1ccc(O[C@@H](C)C(=O)N[C@H](C)c2c(C)nn(C)c2C)cc1. The van der Waals surface area contributed by atoms with Crippen molar-refractivity contribution in [2.75, 3.05) is 6.26 Å². The fourth-order valence-electron chi connectivity index (χ4n) is 2.73. The molecule has 0 aliphatic rings. The van der Waals surface area contributed by atoms with Crippen LogP contribution >= 0.6 is 11.8 Å². The minimum absolute atomic E-state index is 0.115. The van der Waals surface area contributed by atoms with Crippen molar-refractivity contribution in [3.05, 3.63) is 41.2 Å². The van der Waals surface area contributed by atoms with Gasteiger partial charge in [-0.25, -0.2) is 0 Å². The van der Waals surface area contributed by atoms with Gasteiger partial charge in [0.05, 0.1) is 11.7 Å². The predicted octanol–water partition coefficient (Wildman–Crippen LogP) is 3.40. The molecule has 0 radical (unpaired) electrons. The van der Waals surface area contributed by atoms with Crippen LogP contribution in [0.15, 0.2) is 29.2 Å². The summed E-state index contributed by atoms with van der Waals surface area (Å²) in [7, 11) is 1.91. The number of aromatic nitrogens is 2. The number of carbonyl (C=O) groups excluding carboxylic acids is 1. The highest BCUT2D eigenvalue weighted by Gasteiger charge is 2.21. The molecule has 2 atom stereocenters. The number of carbonyl (C=O) groups is 1. The molecule has 1 N–H and O–H groups in total. The van der Waals surface area contributed by atoms with Crippen LogP contribution in [0.5, 0.6) is 5.75 Å². The van der Waals surface area contributed by atoms with Crippen molar-refractivity contribution in [1.29, 1.82) is 0 Å². The van der Waals surface area contributed by atoms with Gasteiger partial charge in [0.2, 0.25) is 0 Å². The van der Waals surface area contributed by atoms with Crippen LogP contribution in [0.25, 0.3) is 0 Å². The van der Waals surface area contributed by atoms with Crippen molar-refractivity contribution < 1.29 is 9.53 Å². The third-order valence-electron chi connectivity index (χ3n) is 4.10. The largest absolute Gasteiger partial charge is 0.481 e. The second-order valence-electron chi connectivity index (χ2n) is 5.87. The molecular formula is C18H25N3O2S. The molecule has 0 saturated heterocycles. The van der Waals surface area contributed by atoms with E-state index in [0.717, 1.165) is 21.8 Å². The number of amides is 1. The van der Waals surface area contributed by atoms with Crippen molar-refractivity contribution in [3.8, 4) is 5.75 Å². The van der Waals surface area contributed by atoms with Crippen LogP contribution < -0.4 is 10.1 Å². The van der Waals surface area contributed by atoms with Gasteiger partial charge in [0.1, 0.15) is 5.75 Å². The van der Waals surface area contributed by atoms with E-state index in [9.17, 15) is 4.79 Å². The van der Waals surface area contributed by atoms with E-state index in [1.807, 2.05) is 63.0 Å². The van der Waals surface area contributed by atoms with Gasteiger partial charge in [0.25, 0.3) is 5.91 Å². The topological polar surface area (TPSA) is 56.1 Å². The van der Waals surface area contributed by atoms with E-state index in [0.29, 0.717) is 5.75 Å². The molecule has 0 aliphatic carbocycles. The molecule has 0 bridgehead atoms. The Hall–Kier alpha value is -1.95. The quantitative estimate of drug-likeness (QED) is 0.814. The molecule has 1 amide bonds. The standard InChI is InChI=1S/C18H25N3O2S/c1-11(17-12(2)20-21(5)13(17)3)19-18(22)14(4)23-15-7-9-16(24-6)10-8-15/h7-11,14H,1-6H3,(H,19,22)/t11-,14+/m1/s1. The molecule has 24 heavy (non-hydrogen) atoms. The highest BCUT2D eigenvalue weighted by atomic mass is 32.2. The molecule has 1 heterocycles. The number of hydrogen-bond acceptors (Lipinski definition) is 4. The fraction of sp³-hybridized carbons (Fsp3) is 0.444. The van der Waals surface area contributed by atoms with Crippen molar-refractivity contribution >= 4 is 17.7 Å². The van der Waals surface area contributed by atoms with Crippen LogP contribution in [0.4, 0.5) is 0 Å². The highest BCUT2D eigenvalue weighted by Crippen LogP contribution is 2.22. The average Bonchev–Trinajstić information content (AvgIpc) is 2.80. The molecule has 5 nitrogen and oxygen atoms in total. The van der Waals surface area contributed by atoms with Gasteiger partial charge < -0.3 is 10.1 Å². The summed E-state index contributed by atoms with van der Waals surface area (Å²) in [4.78, 5) is 13.6. The zero-order valence-corrected chi connectivity index (χ0v) is 15.9. The van der Waals surface area contributed by atoms with Crippen molar-refractivity contribution in [2.24, 2.45) is 7.05 Å². The minimum Gasteiger partial charge on any atom is -0.481 e. The van der Waals surface area contributed by atoms with E-state index in [4.69, 9.17) is 4.74 Å². The second-order valence-corrected chi connectivity index (χ2v) is 6.75. The van der Waals surface area contributed by atoms with Gasteiger partial charge in [-0.1, -0.05) is 0 Å².